The van der Waals surface area contributed by atoms with E-state index in [9.17, 15) is 9.59 Å². The number of halogens is 1. The molecule has 0 spiro atoms. The highest BCUT2D eigenvalue weighted by Gasteiger charge is 2.20. The standard InChI is InChI=1S/C13H11ClN2O3S/c1-6-8(14)4-3-5-9(6)15-13-16-10(12(18)19)11(20-13)7(2)17/h3-5H,1-2H3,(H,15,16)(H,18,19). The minimum absolute atomic E-state index is 0.125. The Morgan fingerprint density at radius 2 is 2.10 bits per heavy atom. The van der Waals surface area contributed by atoms with Gasteiger partial charge in [0.1, 0.15) is 4.88 Å². The predicted molar refractivity (Wildman–Crippen MR) is 78.5 cm³/mol. The molecule has 5 nitrogen and oxygen atoms in total. The first-order valence-electron chi connectivity index (χ1n) is 5.67. The molecule has 20 heavy (non-hydrogen) atoms. The van der Waals surface area contributed by atoms with Crippen LogP contribution in [0.2, 0.25) is 5.02 Å². The first-order valence-corrected chi connectivity index (χ1v) is 6.86. The van der Waals surface area contributed by atoms with Gasteiger partial charge in [-0.2, -0.15) is 0 Å². The lowest BCUT2D eigenvalue weighted by atomic mass is 10.2. The molecule has 2 aromatic rings. The monoisotopic (exact) mass is 310 g/mol. The molecule has 2 rings (SSSR count). The van der Waals surface area contributed by atoms with Crippen LogP contribution in [-0.4, -0.2) is 21.8 Å². The van der Waals surface area contributed by atoms with Gasteiger partial charge in [-0.1, -0.05) is 29.0 Å². The molecular weight excluding hydrogens is 300 g/mol. The highest BCUT2D eigenvalue weighted by molar-refractivity contribution is 7.17. The van der Waals surface area contributed by atoms with Crippen LogP contribution in [0.5, 0.6) is 0 Å². The lowest BCUT2D eigenvalue weighted by Crippen LogP contribution is -2.03. The Kier molecular flexibility index (Phi) is 4.06. The number of thiazole rings is 1. The van der Waals surface area contributed by atoms with E-state index in [0.717, 1.165) is 22.6 Å². The van der Waals surface area contributed by atoms with Crippen molar-refractivity contribution in [2.45, 2.75) is 13.8 Å². The molecule has 0 atom stereocenters. The summed E-state index contributed by atoms with van der Waals surface area (Å²) in [5, 5.41) is 13.0. The largest absolute Gasteiger partial charge is 0.476 e. The van der Waals surface area contributed by atoms with Crippen molar-refractivity contribution >= 4 is 45.5 Å². The lowest BCUT2D eigenvalue weighted by molar-refractivity contribution is 0.0687. The number of rotatable bonds is 4. The highest BCUT2D eigenvalue weighted by atomic mass is 35.5. The maximum absolute atomic E-state index is 11.4. The molecule has 2 N–H and O–H groups in total. The minimum Gasteiger partial charge on any atom is -0.476 e. The van der Waals surface area contributed by atoms with E-state index < -0.39 is 5.97 Å². The van der Waals surface area contributed by atoms with Gasteiger partial charge in [0.2, 0.25) is 0 Å². The van der Waals surface area contributed by atoms with Gasteiger partial charge in [-0.3, -0.25) is 4.79 Å². The Balaban J connectivity index is 2.40. The number of carbonyl (C=O) groups is 2. The maximum atomic E-state index is 11.4. The Morgan fingerprint density at radius 3 is 2.65 bits per heavy atom. The molecule has 0 aliphatic rings. The van der Waals surface area contributed by atoms with Crippen LogP contribution in [0.15, 0.2) is 18.2 Å². The summed E-state index contributed by atoms with van der Waals surface area (Å²) in [4.78, 5) is 26.5. The van der Waals surface area contributed by atoms with Crippen molar-refractivity contribution in [3.05, 3.63) is 39.4 Å². The zero-order chi connectivity index (χ0) is 14.9. The van der Waals surface area contributed by atoms with Crippen LogP contribution in [0.3, 0.4) is 0 Å². The first-order chi connectivity index (χ1) is 9.40. The normalized spacial score (nSPS) is 10.3. The summed E-state index contributed by atoms with van der Waals surface area (Å²) >= 11 is 7.02. The number of hydrogen-bond acceptors (Lipinski definition) is 5. The van der Waals surface area contributed by atoms with Crippen LogP contribution in [0, 0.1) is 6.92 Å². The molecule has 1 aromatic carbocycles. The molecule has 0 fully saturated rings. The number of carboxylic acids is 1. The lowest BCUT2D eigenvalue weighted by Gasteiger charge is -2.07. The quantitative estimate of drug-likeness (QED) is 0.841. The number of hydrogen-bond donors (Lipinski definition) is 2. The molecule has 7 heteroatoms. The highest BCUT2D eigenvalue weighted by Crippen LogP contribution is 2.30. The van der Waals surface area contributed by atoms with E-state index in [1.807, 2.05) is 6.92 Å². The molecule has 0 bridgehead atoms. The molecule has 0 saturated heterocycles. The van der Waals surface area contributed by atoms with Crippen molar-refractivity contribution in [2.24, 2.45) is 0 Å². The van der Waals surface area contributed by atoms with Crippen LogP contribution in [0.1, 0.15) is 32.6 Å². The van der Waals surface area contributed by atoms with E-state index in [-0.39, 0.29) is 16.4 Å². The summed E-state index contributed by atoms with van der Waals surface area (Å²) in [5.74, 6) is -1.54. The number of carboxylic acid groups (broad SMARTS) is 1. The van der Waals surface area contributed by atoms with Crippen LogP contribution in [0.25, 0.3) is 0 Å². The third-order valence-electron chi connectivity index (χ3n) is 2.66. The van der Waals surface area contributed by atoms with Gasteiger partial charge in [0, 0.05) is 17.6 Å². The van der Waals surface area contributed by atoms with Gasteiger partial charge >= 0.3 is 5.97 Å². The summed E-state index contributed by atoms with van der Waals surface area (Å²) in [7, 11) is 0. The second-order valence-corrected chi connectivity index (χ2v) is 5.50. The molecule has 0 amide bonds. The topological polar surface area (TPSA) is 79.3 Å². The molecule has 104 valence electrons. The number of carbonyl (C=O) groups excluding carboxylic acids is 1. The average molecular weight is 311 g/mol. The van der Waals surface area contributed by atoms with E-state index in [1.165, 1.54) is 6.92 Å². The molecule has 0 unspecified atom stereocenters. The number of anilines is 2. The van der Waals surface area contributed by atoms with Crippen molar-refractivity contribution in [3.8, 4) is 0 Å². The van der Waals surface area contributed by atoms with Crippen molar-refractivity contribution < 1.29 is 14.7 Å². The number of aromatic carboxylic acids is 1. The Labute approximate surface area is 124 Å². The summed E-state index contributed by atoms with van der Waals surface area (Å²) < 4.78 is 0. The molecule has 1 heterocycles. The third-order valence-corrected chi connectivity index (χ3v) is 4.14. The van der Waals surface area contributed by atoms with E-state index >= 15 is 0 Å². The van der Waals surface area contributed by atoms with Gasteiger partial charge in [-0.05, 0) is 24.6 Å². The average Bonchev–Trinajstić information content (AvgIpc) is 2.79. The predicted octanol–water partition coefficient (Wildman–Crippen LogP) is 3.75. The SMILES string of the molecule is CC(=O)c1sc(Nc2cccc(Cl)c2C)nc1C(=O)O. The van der Waals surface area contributed by atoms with Gasteiger partial charge in [0.05, 0.1) is 0 Å². The number of benzene rings is 1. The van der Waals surface area contributed by atoms with Gasteiger partial charge in [-0.15, -0.1) is 0 Å². The van der Waals surface area contributed by atoms with Crippen LogP contribution in [-0.2, 0) is 0 Å². The fourth-order valence-electron chi connectivity index (χ4n) is 1.62. The van der Waals surface area contributed by atoms with Gasteiger partial charge in [0.15, 0.2) is 16.6 Å². The Hall–Kier alpha value is -1.92. The Bertz CT molecular complexity index is 665. The van der Waals surface area contributed by atoms with E-state index in [2.05, 4.69) is 10.3 Å². The summed E-state index contributed by atoms with van der Waals surface area (Å²) in [6.45, 7) is 3.15. The Morgan fingerprint density at radius 1 is 1.40 bits per heavy atom. The molecular formula is C13H11ClN2O3S. The van der Waals surface area contributed by atoms with E-state index in [0.29, 0.717) is 10.2 Å². The summed E-state index contributed by atoms with van der Waals surface area (Å²) in [6, 6.07) is 5.33. The maximum Gasteiger partial charge on any atom is 0.356 e. The molecule has 0 aliphatic carbocycles. The van der Waals surface area contributed by atoms with Crippen LogP contribution < -0.4 is 5.32 Å². The van der Waals surface area contributed by atoms with Gasteiger partial charge < -0.3 is 10.4 Å². The number of ketones is 1. The first kappa shape index (κ1) is 14.5. The van der Waals surface area contributed by atoms with Crippen LogP contribution >= 0.6 is 22.9 Å². The van der Waals surface area contributed by atoms with Gasteiger partial charge in [0.25, 0.3) is 0 Å². The zero-order valence-electron chi connectivity index (χ0n) is 10.7. The third kappa shape index (κ3) is 2.81. The van der Waals surface area contributed by atoms with Gasteiger partial charge in [-0.25, -0.2) is 9.78 Å². The van der Waals surface area contributed by atoms with E-state index in [4.69, 9.17) is 16.7 Å². The second kappa shape index (κ2) is 5.60. The van der Waals surface area contributed by atoms with Crippen molar-refractivity contribution in [1.29, 1.82) is 0 Å². The van der Waals surface area contributed by atoms with Crippen molar-refractivity contribution in [1.82, 2.24) is 4.98 Å². The van der Waals surface area contributed by atoms with Crippen molar-refractivity contribution in [3.63, 3.8) is 0 Å². The number of Topliss-reactive ketones (excluding diaryl/α,β-unsaturated/α-hetero) is 1. The minimum atomic E-state index is -1.22. The zero-order valence-corrected chi connectivity index (χ0v) is 12.3. The number of aromatic nitrogens is 1. The second-order valence-electron chi connectivity index (χ2n) is 4.10. The van der Waals surface area contributed by atoms with E-state index in [1.54, 1.807) is 18.2 Å². The summed E-state index contributed by atoms with van der Waals surface area (Å²) in [6.07, 6.45) is 0. The molecule has 0 aliphatic heterocycles. The fourth-order valence-corrected chi connectivity index (χ4v) is 2.65. The smallest absolute Gasteiger partial charge is 0.356 e. The summed E-state index contributed by atoms with van der Waals surface area (Å²) in [5.41, 5.74) is 1.31. The van der Waals surface area contributed by atoms with Crippen molar-refractivity contribution in [2.75, 3.05) is 5.32 Å². The fraction of sp³-hybridized carbons (Fsp3) is 0.154. The molecule has 0 radical (unpaired) electrons. The van der Waals surface area contributed by atoms with Crippen LogP contribution in [0.4, 0.5) is 10.8 Å². The molecule has 0 saturated carbocycles. The number of nitrogens with zero attached hydrogens (tertiary/aromatic N) is 1. The number of nitrogens with one attached hydrogen (secondary N) is 1. The molecule has 1 aromatic heterocycles.